The van der Waals surface area contributed by atoms with Crippen molar-refractivity contribution in [3.63, 3.8) is 0 Å². The summed E-state index contributed by atoms with van der Waals surface area (Å²) in [5, 5.41) is 2.92. The van der Waals surface area contributed by atoms with E-state index in [2.05, 4.69) is 100 Å². The third-order valence-corrected chi connectivity index (χ3v) is 7.29. The zero-order valence-corrected chi connectivity index (χ0v) is 16.9. The van der Waals surface area contributed by atoms with Crippen LogP contribution in [0.15, 0.2) is 72.8 Å². The molecule has 0 saturated heterocycles. The average Bonchev–Trinajstić information content (AvgIpc) is 2.71. The summed E-state index contributed by atoms with van der Waals surface area (Å²) in [7, 11) is 0. The molecule has 28 heavy (non-hydrogen) atoms. The Balaban J connectivity index is 1.87. The van der Waals surface area contributed by atoms with Crippen LogP contribution < -0.4 is 0 Å². The lowest BCUT2D eigenvalue weighted by atomic mass is 9.63. The Bertz CT molecular complexity index is 1200. The van der Waals surface area contributed by atoms with Gasteiger partial charge in [-0.2, -0.15) is 0 Å². The normalized spacial score (nSPS) is 17.1. The van der Waals surface area contributed by atoms with Crippen LogP contribution in [0.25, 0.3) is 33.0 Å². The van der Waals surface area contributed by atoms with Gasteiger partial charge in [0, 0.05) is 10.8 Å². The van der Waals surface area contributed by atoms with Crippen LogP contribution >= 0.6 is 0 Å². The van der Waals surface area contributed by atoms with Gasteiger partial charge in [-0.1, -0.05) is 100 Å². The molecule has 0 nitrogen and oxygen atoms in total. The second-order valence-electron chi connectivity index (χ2n) is 9.41. The Morgan fingerprint density at radius 1 is 0.393 bits per heavy atom. The fourth-order valence-corrected chi connectivity index (χ4v) is 5.80. The molecule has 2 aliphatic carbocycles. The highest BCUT2D eigenvalue weighted by Crippen LogP contribution is 2.55. The van der Waals surface area contributed by atoms with Crippen molar-refractivity contribution in [1.82, 2.24) is 0 Å². The van der Waals surface area contributed by atoms with E-state index in [1.54, 1.807) is 0 Å². The highest BCUT2D eigenvalue weighted by molar-refractivity contribution is 6.12. The fraction of sp³-hybridized carbons (Fsp3) is 0.214. The summed E-state index contributed by atoms with van der Waals surface area (Å²) in [6.07, 6.45) is 0. The molecule has 4 aromatic carbocycles. The smallest absolute Gasteiger partial charge is 0.0159 e. The highest BCUT2D eigenvalue weighted by atomic mass is 14.4. The molecule has 0 spiro atoms. The van der Waals surface area contributed by atoms with Crippen LogP contribution in [0.5, 0.6) is 0 Å². The number of hydrogen-bond donors (Lipinski definition) is 0. The van der Waals surface area contributed by atoms with Crippen LogP contribution in [0.3, 0.4) is 0 Å². The molecular weight excluding hydrogens is 336 g/mol. The van der Waals surface area contributed by atoms with Gasteiger partial charge in [0.1, 0.15) is 0 Å². The Kier molecular flexibility index (Phi) is 2.85. The third kappa shape index (κ3) is 1.72. The summed E-state index contributed by atoms with van der Waals surface area (Å²) < 4.78 is 0. The average molecular weight is 361 g/mol. The zero-order chi connectivity index (χ0) is 19.3. The number of hydrogen-bond acceptors (Lipinski definition) is 0. The van der Waals surface area contributed by atoms with Crippen molar-refractivity contribution in [2.45, 2.75) is 38.5 Å². The second kappa shape index (κ2) is 4.94. The molecule has 0 N–H and O–H groups in total. The minimum atomic E-state index is 0.00184. The van der Waals surface area contributed by atoms with Gasteiger partial charge >= 0.3 is 0 Å². The van der Waals surface area contributed by atoms with E-state index in [-0.39, 0.29) is 10.8 Å². The number of fused-ring (bicyclic) bond motifs is 4. The quantitative estimate of drug-likeness (QED) is 0.305. The second-order valence-corrected chi connectivity index (χ2v) is 9.41. The van der Waals surface area contributed by atoms with Gasteiger partial charge in [0.25, 0.3) is 0 Å². The highest BCUT2D eigenvalue weighted by Gasteiger charge is 2.38. The monoisotopic (exact) mass is 360 g/mol. The first kappa shape index (κ1) is 16.1. The maximum atomic E-state index is 2.38. The van der Waals surface area contributed by atoms with Gasteiger partial charge in [-0.05, 0) is 55.3 Å². The first-order valence-corrected chi connectivity index (χ1v) is 10.2. The van der Waals surface area contributed by atoms with E-state index in [9.17, 15) is 0 Å². The Morgan fingerprint density at radius 2 is 0.786 bits per heavy atom. The molecule has 0 fully saturated rings. The molecule has 0 unspecified atom stereocenters. The van der Waals surface area contributed by atoms with Crippen molar-refractivity contribution >= 4 is 10.8 Å². The van der Waals surface area contributed by atoms with Crippen LogP contribution in [-0.4, -0.2) is 0 Å². The lowest BCUT2D eigenvalue weighted by molar-refractivity contribution is 0.637. The van der Waals surface area contributed by atoms with Gasteiger partial charge in [0.15, 0.2) is 0 Å². The van der Waals surface area contributed by atoms with Crippen LogP contribution in [0.4, 0.5) is 0 Å². The first-order chi connectivity index (χ1) is 13.4. The minimum absolute atomic E-state index is 0.00184. The predicted molar refractivity (Wildman–Crippen MR) is 119 cm³/mol. The third-order valence-electron chi connectivity index (χ3n) is 7.29. The van der Waals surface area contributed by atoms with Crippen molar-refractivity contribution in [3.05, 3.63) is 95.1 Å². The van der Waals surface area contributed by atoms with Crippen molar-refractivity contribution in [2.75, 3.05) is 0 Å². The van der Waals surface area contributed by atoms with Gasteiger partial charge < -0.3 is 0 Å². The van der Waals surface area contributed by atoms with E-state index >= 15 is 0 Å². The molecule has 0 saturated carbocycles. The van der Waals surface area contributed by atoms with Gasteiger partial charge in [-0.25, -0.2) is 0 Å². The van der Waals surface area contributed by atoms with Crippen LogP contribution in [0.2, 0.25) is 0 Å². The summed E-state index contributed by atoms with van der Waals surface area (Å²) >= 11 is 0. The maximum Gasteiger partial charge on any atom is 0.0159 e. The zero-order valence-electron chi connectivity index (χ0n) is 16.9. The molecule has 0 heterocycles. The van der Waals surface area contributed by atoms with E-state index in [4.69, 9.17) is 0 Å². The molecule has 0 radical (unpaired) electrons. The van der Waals surface area contributed by atoms with Crippen LogP contribution in [-0.2, 0) is 10.8 Å². The van der Waals surface area contributed by atoms with Crippen LogP contribution in [0, 0.1) is 0 Å². The van der Waals surface area contributed by atoms with Gasteiger partial charge in [-0.3, -0.25) is 0 Å². The van der Waals surface area contributed by atoms with E-state index in [1.807, 2.05) is 0 Å². The van der Waals surface area contributed by atoms with E-state index in [0.29, 0.717) is 0 Å². The topological polar surface area (TPSA) is 0 Å². The molecular formula is C28H24. The van der Waals surface area contributed by atoms with Crippen molar-refractivity contribution in [1.29, 1.82) is 0 Å². The molecule has 136 valence electrons. The van der Waals surface area contributed by atoms with Gasteiger partial charge in [-0.15, -0.1) is 0 Å². The Hall–Kier alpha value is -2.86. The maximum absolute atomic E-state index is 2.38. The Labute approximate surface area is 166 Å². The number of benzene rings is 4. The molecule has 0 aromatic heterocycles. The molecule has 0 bridgehead atoms. The first-order valence-electron chi connectivity index (χ1n) is 10.2. The van der Waals surface area contributed by atoms with Crippen molar-refractivity contribution in [2.24, 2.45) is 0 Å². The SMILES string of the molecule is CC1(C)c2ccccc2-c2ccc3c4c(ccc1c24)-c1ccccc1C3(C)C. The molecule has 0 heteroatoms. The molecule has 0 aliphatic heterocycles. The summed E-state index contributed by atoms with van der Waals surface area (Å²) in [6.45, 7) is 9.50. The van der Waals surface area contributed by atoms with E-state index in [1.165, 1.54) is 55.3 Å². The van der Waals surface area contributed by atoms with E-state index < -0.39 is 0 Å². The molecule has 4 aromatic rings. The summed E-state index contributed by atoms with van der Waals surface area (Å²) in [4.78, 5) is 0. The predicted octanol–water partition coefficient (Wildman–Crippen LogP) is 7.45. The molecule has 0 atom stereocenters. The standard InChI is InChI=1S/C28H24/c1-27(2)21-11-7-5-9-17(21)19-14-16-24-26-20(13-15-23(27)25(19)26)18-10-6-8-12-22(18)28(24,3)4/h5-16H,1-4H3. The summed E-state index contributed by atoms with van der Waals surface area (Å²) in [5.74, 6) is 0. The van der Waals surface area contributed by atoms with Crippen LogP contribution in [0.1, 0.15) is 49.9 Å². The van der Waals surface area contributed by atoms with Crippen molar-refractivity contribution < 1.29 is 0 Å². The molecule has 0 amide bonds. The summed E-state index contributed by atoms with van der Waals surface area (Å²) in [5.41, 5.74) is 11.3. The van der Waals surface area contributed by atoms with Crippen molar-refractivity contribution in [3.8, 4) is 22.3 Å². The van der Waals surface area contributed by atoms with E-state index in [0.717, 1.165) is 0 Å². The molecule has 6 rings (SSSR count). The lowest BCUT2D eigenvalue weighted by Crippen LogP contribution is -2.27. The summed E-state index contributed by atoms with van der Waals surface area (Å²) in [6, 6.07) is 27.4. The Morgan fingerprint density at radius 3 is 1.21 bits per heavy atom. The molecule has 2 aliphatic rings. The minimum Gasteiger partial charge on any atom is -0.0619 e. The number of rotatable bonds is 0. The lowest BCUT2D eigenvalue weighted by Gasteiger charge is -2.40. The van der Waals surface area contributed by atoms with Gasteiger partial charge in [0.05, 0.1) is 0 Å². The van der Waals surface area contributed by atoms with Gasteiger partial charge in [0.2, 0.25) is 0 Å². The fourth-order valence-electron chi connectivity index (χ4n) is 5.80. The largest absolute Gasteiger partial charge is 0.0619 e.